The fourth-order valence-corrected chi connectivity index (χ4v) is 1.66. The van der Waals surface area contributed by atoms with Gasteiger partial charge in [-0.15, -0.1) is 6.42 Å². The van der Waals surface area contributed by atoms with Gasteiger partial charge in [-0.2, -0.15) is 0 Å². The van der Waals surface area contributed by atoms with E-state index < -0.39 is 12.1 Å². The fraction of sp³-hybridized carbons (Fsp3) is 0.357. The first kappa shape index (κ1) is 11.5. The first-order valence-corrected chi connectivity index (χ1v) is 5.56. The number of carbonyl (C=O) groups is 1. The number of methoxy groups -OCH3 is 1. The Morgan fingerprint density at radius 2 is 2.18 bits per heavy atom. The maximum atomic E-state index is 11.9. The van der Waals surface area contributed by atoms with Gasteiger partial charge in [0.05, 0.1) is 7.11 Å². The van der Waals surface area contributed by atoms with Crippen molar-refractivity contribution in [2.75, 3.05) is 7.11 Å². The van der Waals surface area contributed by atoms with Crippen LogP contribution in [0.4, 0.5) is 0 Å². The highest BCUT2D eigenvalue weighted by Crippen LogP contribution is 2.34. The van der Waals surface area contributed by atoms with Gasteiger partial charge in [-0.3, -0.25) is 0 Å². The van der Waals surface area contributed by atoms with Crippen LogP contribution in [-0.2, 0) is 4.74 Å². The predicted molar refractivity (Wildman–Crippen MR) is 63.8 cm³/mol. The van der Waals surface area contributed by atoms with E-state index in [4.69, 9.17) is 15.9 Å². The van der Waals surface area contributed by atoms with Crippen molar-refractivity contribution in [3.8, 4) is 18.1 Å². The molecule has 1 aromatic rings. The summed E-state index contributed by atoms with van der Waals surface area (Å²) in [5.74, 6) is 2.93. The number of ether oxygens (including phenoxy) is 2. The van der Waals surface area contributed by atoms with Crippen LogP contribution in [0, 0.1) is 18.3 Å². The molecular weight excluding hydrogens is 216 g/mol. The molecule has 2 rings (SSSR count). The van der Waals surface area contributed by atoms with E-state index in [0.717, 1.165) is 12.8 Å². The van der Waals surface area contributed by atoms with Gasteiger partial charge in [0.25, 0.3) is 0 Å². The number of para-hydroxylation sites is 1. The molecule has 1 aliphatic carbocycles. The molecule has 0 bridgehead atoms. The summed E-state index contributed by atoms with van der Waals surface area (Å²) in [5.41, 5.74) is 0.413. The van der Waals surface area contributed by atoms with E-state index in [9.17, 15) is 4.79 Å². The minimum absolute atomic E-state index is 0.332. The molecule has 0 heterocycles. The highest BCUT2D eigenvalue weighted by atomic mass is 16.5. The Bertz CT molecular complexity index is 455. The average molecular weight is 230 g/mol. The van der Waals surface area contributed by atoms with Gasteiger partial charge in [-0.05, 0) is 25.0 Å². The SMILES string of the molecule is C#C[C@@H](OC(=O)c1ccccc1OC)C1CC1. The van der Waals surface area contributed by atoms with E-state index in [1.165, 1.54) is 7.11 Å². The highest BCUT2D eigenvalue weighted by molar-refractivity contribution is 5.92. The molecule has 3 nitrogen and oxygen atoms in total. The average Bonchev–Trinajstić information content (AvgIpc) is 3.19. The molecule has 0 amide bonds. The quantitative estimate of drug-likeness (QED) is 0.588. The van der Waals surface area contributed by atoms with Gasteiger partial charge in [0, 0.05) is 5.92 Å². The van der Waals surface area contributed by atoms with E-state index in [1.807, 2.05) is 0 Å². The molecule has 1 atom stereocenters. The minimum Gasteiger partial charge on any atom is -0.496 e. The van der Waals surface area contributed by atoms with Crippen LogP contribution in [0.1, 0.15) is 23.2 Å². The van der Waals surface area contributed by atoms with Gasteiger partial charge in [0.1, 0.15) is 11.3 Å². The van der Waals surface area contributed by atoms with Gasteiger partial charge in [-0.1, -0.05) is 18.1 Å². The van der Waals surface area contributed by atoms with Gasteiger partial charge in [0.15, 0.2) is 6.10 Å². The smallest absolute Gasteiger partial charge is 0.343 e. The topological polar surface area (TPSA) is 35.5 Å². The van der Waals surface area contributed by atoms with E-state index in [-0.39, 0.29) is 0 Å². The predicted octanol–water partition coefficient (Wildman–Crippen LogP) is 2.26. The van der Waals surface area contributed by atoms with Crippen molar-refractivity contribution in [2.45, 2.75) is 18.9 Å². The zero-order chi connectivity index (χ0) is 12.3. The van der Waals surface area contributed by atoms with Gasteiger partial charge >= 0.3 is 5.97 Å². The minimum atomic E-state index is -0.419. The van der Waals surface area contributed by atoms with Crippen LogP contribution in [0.15, 0.2) is 24.3 Å². The Labute approximate surface area is 101 Å². The Morgan fingerprint density at radius 3 is 2.76 bits per heavy atom. The number of hydrogen-bond donors (Lipinski definition) is 0. The third-order valence-corrected chi connectivity index (χ3v) is 2.78. The van der Waals surface area contributed by atoms with Crippen molar-refractivity contribution in [3.05, 3.63) is 29.8 Å². The molecule has 3 heteroatoms. The maximum Gasteiger partial charge on any atom is 0.343 e. The third kappa shape index (κ3) is 2.59. The molecule has 17 heavy (non-hydrogen) atoms. The summed E-state index contributed by atoms with van der Waals surface area (Å²) < 4.78 is 10.4. The molecule has 0 aliphatic heterocycles. The van der Waals surface area contributed by atoms with Gasteiger partial charge < -0.3 is 9.47 Å². The maximum absolute atomic E-state index is 11.9. The van der Waals surface area contributed by atoms with Crippen LogP contribution in [0.3, 0.4) is 0 Å². The van der Waals surface area contributed by atoms with Crippen molar-refractivity contribution in [1.29, 1.82) is 0 Å². The number of esters is 1. The number of benzene rings is 1. The lowest BCUT2D eigenvalue weighted by Crippen LogP contribution is -2.19. The van der Waals surface area contributed by atoms with Crippen LogP contribution in [0.25, 0.3) is 0 Å². The standard InChI is InChI=1S/C14H14O3/c1-3-12(10-8-9-10)17-14(15)11-6-4-5-7-13(11)16-2/h1,4-7,10,12H,8-9H2,2H3/t12-/m1/s1. The first-order valence-electron chi connectivity index (χ1n) is 5.56. The molecule has 0 saturated heterocycles. The number of rotatable bonds is 4. The molecule has 1 aliphatic rings. The Hall–Kier alpha value is -1.95. The van der Waals surface area contributed by atoms with Crippen LogP contribution in [-0.4, -0.2) is 19.2 Å². The van der Waals surface area contributed by atoms with Gasteiger partial charge in [0.2, 0.25) is 0 Å². The molecule has 1 fully saturated rings. The highest BCUT2D eigenvalue weighted by Gasteiger charge is 2.33. The van der Waals surface area contributed by atoms with Crippen molar-refractivity contribution >= 4 is 5.97 Å². The summed E-state index contributed by atoms with van der Waals surface area (Å²) in [7, 11) is 1.52. The normalized spacial score (nSPS) is 15.8. The van der Waals surface area contributed by atoms with Gasteiger partial charge in [-0.25, -0.2) is 4.79 Å². The second-order valence-electron chi connectivity index (χ2n) is 4.03. The van der Waals surface area contributed by atoms with E-state index >= 15 is 0 Å². The molecule has 0 aromatic heterocycles. The summed E-state index contributed by atoms with van der Waals surface area (Å²) in [5, 5.41) is 0. The summed E-state index contributed by atoms with van der Waals surface area (Å²) in [6.45, 7) is 0. The van der Waals surface area contributed by atoms with Crippen LogP contribution in [0.5, 0.6) is 5.75 Å². The lowest BCUT2D eigenvalue weighted by Gasteiger charge is -2.12. The van der Waals surface area contributed by atoms with Crippen LogP contribution < -0.4 is 4.74 Å². The molecule has 88 valence electrons. The van der Waals surface area contributed by atoms with Crippen molar-refractivity contribution in [1.82, 2.24) is 0 Å². The first-order chi connectivity index (χ1) is 8.26. The van der Waals surface area contributed by atoms with Crippen LogP contribution >= 0.6 is 0 Å². The van der Waals surface area contributed by atoms with E-state index in [2.05, 4.69) is 5.92 Å². The molecule has 1 saturated carbocycles. The number of hydrogen-bond acceptors (Lipinski definition) is 3. The molecule has 0 spiro atoms. The van der Waals surface area contributed by atoms with Crippen molar-refractivity contribution in [2.24, 2.45) is 5.92 Å². The molecule has 0 unspecified atom stereocenters. The Balaban J connectivity index is 2.11. The summed E-state index contributed by atoms with van der Waals surface area (Å²) in [6.07, 6.45) is 7.01. The van der Waals surface area contributed by atoms with Crippen molar-refractivity contribution < 1.29 is 14.3 Å². The number of carbonyl (C=O) groups excluding carboxylic acids is 1. The second-order valence-corrected chi connectivity index (χ2v) is 4.03. The number of terminal acetylenes is 1. The van der Waals surface area contributed by atoms with Crippen LogP contribution in [0.2, 0.25) is 0 Å². The molecule has 0 N–H and O–H groups in total. The van der Waals surface area contributed by atoms with E-state index in [1.54, 1.807) is 24.3 Å². The Morgan fingerprint density at radius 1 is 1.47 bits per heavy atom. The zero-order valence-electron chi connectivity index (χ0n) is 9.68. The van der Waals surface area contributed by atoms with E-state index in [0.29, 0.717) is 17.2 Å². The largest absolute Gasteiger partial charge is 0.496 e. The summed E-state index contributed by atoms with van der Waals surface area (Å²) in [4.78, 5) is 11.9. The molecule has 1 aromatic carbocycles. The third-order valence-electron chi connectivity index (χ3n) is 2.78. The molecule has 0 radical (unpaired) electrons. The zero-order valence-corrected chi connectivity index (χ0v) is 9.68. The van der Waals surface area contributed by atoms with Crippen molar-refractivity contribution in [3.63, 3.8) is 0 Å². The lowest BCUT2D eigenvalue weighted by atomic mass is 10.2. The molecular formula is C14H14O3. The summed E-state index contributed by atoms with van der Waals surface area (Å²) in [6, 6.07) is 6.95. The lowest BCUT2D eigenvalue weighted by molar-refractivity contribution is 0.0370. The monoisotopic (exact) mass is 230 g/mol. The Kier molecular flexibility index (Phi) is 3.34. The summed E-state index contributed by atoms with van der Waals surface area (Å²) >= 11 is 0. The fourth-order valence-electron chi connectivity index (χ4n) is 1.66. The second kappa shape index (κ2) is 4.92.